The molecule has 6 heteroatoms. The third-order valence-electron chi connectivity index (χ3n) is 3.43. The predicted octanol–water partition coefficient (Wildman–Crippen LogP) is 2.12. The number of carbonyl (C=O) groups is 2. The first-order valence-electron chi connectivity index (χ1n) is 7.43. The number of rotatable bonds is 7. The fourth-order valence-corrected chi connectivity index (χ4v) is 2.03. The number of carbonyl (C=O) groups excluding carboxylic acids is 2. The van der Waals surface area contributed by atoms with Crippen LogP contribution in [0.2, 0.25) is 0 Å². The van der Waals surface area contributed by atoms with Gasteiger partial charge in [-0.25, -0.2) is 0 Å². The molecule has 2 rings (SSSR count). The molecule has 0 unspecified atom stereocenters. The summed E-state index contributed by atoms with van der Waals surface area (Å²) in [4.78, 5) is 24.4. The van der Waals surface area contributed by atoms with E-state index in [1.54, 1.807) is 48.6 Å². The van der Waals surface area contributed by atoms with Gasteiger partial charge in [0, 0.05) is 25.2 Å². The van der Waals surface area contributed by atoms with E-state index in [-0.39, 0.29) is 12.5 Å². The van der Waals surface area contributed by atoms with Crippen LogP contribution in [-0.4, -0.2) is 30.4 Å². The number of ether oxygens (including phenoxy) is 1. The normalized spacial score (nSPS) is 10.8. The van der Waals surface area contributed by atoms with Gasteiger partial charge in [-0.15, -0.1) is 0 Å². The summed E-state index contributed by atoms with van der Waals surface area (Å²) in [6.07, 6.45) is 4.84. The van der Waals surface area contributed by atoms with Gasteiger partial charge in [-0.1, -0.05) is 12.1 Å². The average Bonchev–Trinajstić information content (AvgIpc) is 2.96. The molecule has 0 spiro atoms. The van der Waals surface area contributed by atoms with Crippen LogP contribution in [0.15, 0.2) is 47.1 Å². The van der Waals surface area contributed by atoms with Gasteiger partial charge >= 0.3 is 0 Å². The Morgan fingerprint density at radius 2 is 1.96 bits per heavy atom. The first-order valence-corrected chi connectivity index (χ1v) is 7.43. The third kappa shape index (κ3) is 5.01. The Kier molecular flexibility index (Phi) is 5.78. The van der Waals surface area contributed by atoms with Gasteiger partial charge in [0.15, 0.2) is 6.61 Å². The summed E-state index contributed by atoms with van der Waals surface area (Å²) in [5, 5.41) is 0. The Hall–Kier alpha value is -3.02. The van der Waals surface area contributed by atoms with Crippen molar-refractivity contribution in [1.82, 2.24) is 4.90 Å². The fourth-order valence-electron chi connectivity index (χ4n) is 2.03. The lowest BCUT2D eigenvalue weighted by Gasteiger charge is -2.14. The van der Waals surface area contributed by atoms with Crippen LogP contribution in [0.5, 0.6) is 5.75 Å². The maximum absolute atomic E-state index is 12.1. The molecule has 0 aliphatic rings. The van der Waals surface area contributed by atoms with Gasteiger partial charge in [-0.3, -0.25) is 9.59 Å². The third-order valence-corrected chi connectivity index (χ3v) is 3.43. The highest BCUT2D eigenvalue weighted by atomic mass is 16.5. The van der Waals surface area contributed by atoms with E-state index in [9.17, 15) is 9.59 Å². The molecule has 0 aliphatic heterocycles. The summed E-state index contributed by atoms with van der Waals surface area (Å²) >= 11 is 0. The molecule has 0 saturated heterocycles. The zero-order valence-corrected chi connectivity index (χ0v) is 13.7. The van der Waals surface area contributed by atoms with E-state index in [2.05, 4.69) is 0 Å². The molecule has 0 fully saturated rings. The van der Waals surface area contributed by atoms with E-state index in [4.69, 9.17) is 14.9 Å². The van der Waals surface area contributed by atoms with E-state index in [1.165, 1.54) is 6.08 Å². The number of nitrogens with zero attached hydrogens (tertiary/aromatic N) is 1. The lowest BCUT2D eigenvalue weighted by atomic mass is 10.2. The Morgan fingerprint density at radius 1 is 1.25 bits per heavy atom. The van der Waals surface area contributed by atoms with Crippen molar-refractivity contribution in [3.05, 3.63) is 59.6 Å². The average molecular weight is 328 g/mol. The van der Waals surface area contributed by atoms with Crippen LogP contribution in [0, 0.1) is 6.92 Å². The van der Waals surface area contributed by atoms with Crippen molar-refractivity contribution >= 4 is 17.9 Å². The molecule has 1 heterocycles. The topological polar surface area (TPSA) is 85.8 Å². The lowest BCUT2D eigenvalue weighted by molar-refractivity contribution is -0.125. The molecule has 0 atom stereocenters. The van der Waals surface area contributed by atoms with E-state index < -0.39 is 5.91 Å². The molecule has 2 aromatic rings. The van der Waals surface area contributed by atoms with Crippen LogP contribution in [0.4, 0.5) is 0 Å². The number of hydrogen-bond donors (Lipinski definition) is 1. The number of nitrogens with two attached hydrogens (primary N) is 1. The summed E-state index contributed by atoms with van der Waals surface area (Å²) in [5.74, 6) is 0.722. The largest absolute Gasteiger partial charge is 0.484 e. The minimum Gasteiger partial charge on any atom is -0.484 e. The van der Waals surface area contributed by atoms with E-state index >= 15 is 0 Å². The van der Waals surface area contributed by atoms with Crippen LogP contribution in [0.1, 0.15) is 16.9 Å². The van der Waals surface area contributed by atoms with Crippen molar-refractivity contribution in [1.29, 1.82) is 0 Å². The molecule has 1 aromatic heterocycles. The number of likely N-dealkylation sites (N-methyl/N-ethyl adjacent to an activating group) is 1. The second-order valence-corrected chi connectivity index (χ2v) is 5.35. The standard InChI is InChI=1S/C18H20N2O4/c1-13-15(9-10-23-13)11-20(2)18(22)8-5-14-3-6-16(7-4-14)24-12-17(19)21/h3-10H,11-12H2,1-2H3,(H2,19,21)/b8-5+. The predicted molar refractivity (Wildman–Crippen MR) is 90.1 cm³/mol. The molecule has 0 radical (unpaired) electrons. The van der Waals surface area contributed by atoms with Crippen molar-refractivity contribution < 1.29 is 18.7 Å². The molecule has 6 nitrogen and oxygen atoms in total. The first kappa shape index (κ1) is 17.3. The Bertz CT molecular complexity index is 732. The van der Waals surface area contributed by atoms with Crippen molar-refractivity contribution in [3.8, 4) is 5.75 Å². The maximum Gasteiger partial charge on any atom is 0.255 e. The number of aryl methyl sites for hydroxylation is 1. The second-order valence-electron chi connectivity index (χ2n) is 5.35. The van der Waals surface area contributed by atoms with Crippen LogP contribution in [0.3, 0.4) is 0 Å². The second kappa shape index (κ2) is 8.01. The van der Waals surface area contributed by atoms with Crippen LogP contribution >= 0.6 is 0 Å². The molecule has 2 amide bonds. The SMILES string of the molecule is Cc1occc1CN(C)C(=O)/C=C/c1ccc(OCC(N)=O)cc1. The van der Waals surface area contributed by atoms with Gasteiger partial charge in [-0.2, -0.15) is 0 Å². The molecule has 0 bridgehead atoms. The van der Waals surface area contributed by atoms with Gasteiger partial charge in [0.2, 0.25) is 5.91 Å². The zero-order chi connectivity index (χ0) is 17.5. The van der Waals surface area contributed by atoms with E-state index in [1.807, 2.05) is 13.0 Å². The summed E-state index contributed by atoms with van der Waals surface area (Å²) in [5.41, 5.74) is 6.85. The van der Waals surface area contributed by atoms with Crippen LogP contribution < -0.4 is 10.5 Å². The number of hydrogen-bond acceptors (Lipinski definition) is 4. The summed E-state index contributed by atoms with van der Waals surface area (Å²) in [6, 6.07) is 8.87. The number of furan rings is 1. The van der Waals surface area contributed by atoms with Crippen molar-refractivity contribution in [2.24, 2.45) is 5.73 Å². The summed E-state index contributed by atoms with van der Waals surface area (Å²) < 4.78 is 10.4. The Morgan fingerprint density at radius 3 is 2.54 bits per heavy atom. The molecular formula is C18H20N2O4. The highest BCUT2D eigenvalue weighted by Crippen LogP contribution is 2.14. The summed E-state index contributed by atoms with van der Waals surface area (Å²) in [6.45, 7) is 2.20. The Balaban J connectivity index is 1.90. The quantitative estimate of drug-likeness (QED) is 0.789. The number of primary amides is 1. The smallest absolute Gasteiger partial charge is 0.255 e. The Labute approximate surface area is 140 Å². The minimum atomic E-state index is -0.527. The molecule has 2 N–H and O–H groups in total. The minimum absolute atomic E-state index is 0.107. The highest BCUT2D eigenvalue weighted by molar-refractivity contribution is 5.91. The molecular weight excluding hydrogens is 308 g/mol. The maximum atomic E-state index is 12.1. The van der Waals surface area contributed by atoms with E-state index in [0.29, 0.717) is 12.3 Å². The monoisotopic (exact) mass is 328 g/mol. The van der Waals surface area contributed by atoms with Gasteiger partial charge < -0.3 is 19.8 Å². The first-order chi connectivity index (χ1) is 11.5. The molecule has 1 aromatic carbocycles. The van der Waals surface area contributed by atoms with Crippen LogP contribution in [0.25, 0.3) is 6.08 Å². The lowest BCUT2D eigenvalue weighted by Crippen LogP contribution is -2.24. The summed E-state index contributed by atoms with van der Waals surface area (Å²) in [7, 11) is 1.74. The fraction of sp³-hybridized carbons (Fsp3) is 0.222. The van der Waals surface area contributed by atoms with Crippen molar-refractivity contribution in [2.75, 3.05) is 13.7 Å². The van der Waals surface area contributed by atoms with Gasteiger partial charge in [0.25, 0.3) is 5.91 Å². The zero-order valence-electron chi connectivity index (χ0n) is 13.7. The van der Waals surface area contributed by atoms with Gasteiger partial charge in [-0.05, 0) is 36.8 Å². The van der Waals surface area contributed by atoms with Gasteiger partial charge in [0.1, 0.15) is 11.5 Å². The van der Waals surface area contributed by atoms with Crippen LogP contribution in [-0.2, 0) is 16.1 Å². The van der Waals surface area contributed by atoms with Crippen molar-refractivity contribution in [2.45, 2.75) is 13.5 Å². The molecule has 0 saturated carbocycles. The number of benzene rings is 1. The molecule has 126 valence electrons. The highest BCUT2D eigenvalue weighted by Gasteiger charge is 2.09. The molecule has 24 heavy (non-hydrogen) atoms. The number of amides is 2. The van der Waals surface area contributed by atoms with E-state index in [0.717, 1.165) is 16.9 Å². The molecule has 0 aliphatic carbocycles. The van der Waals surface area contributed by atoms with Gasteiger partial charge in [0.05, 0.1) is 6.26 Å². The van der Waals surface area contributed by atoms with Crippen molar-refractivity contribution in [3.63, 3.8) is 0 Å².